The van der Waals surface area contributed by atoms with Crippen LogP contribution in [0.3, 0.4) is 0 Å². The molecule has 0 aromatic carbocycles. The molecule has 4 nitrogen and oxygen atoms in total. The summed E-state index contributed by atoms with van der Waals surface area (Å²) in [7, 11) is 0. The van der Waals surface area contributed by atoms with Crippen molar-refractivity contribution in [3.8, 4) is 0 Å². The normalized spacial score (nSPS) is 18.4. The average molecular weight is 707 g/mol. The van der Waals surface area contributed by atoms with Crippen LogP contribution in [0.15, 0.2) is 23.7 Å². The average Bonchev–Trinajstić information content (AvgIpc) is 2.71. The van der Waals surface area contributed by atoms with Crippen LogP contribution in [0, 0.1) is 0 Å². The predicted molar refractivity (Wildman–Crippen MR) is 98.4 cm³/mol. The third-order valence-electron chi connectivity index (χ3n) is 3.56. The molecule has 0 spiro atoms. The summed E-state index contributed by atoms with van der Waals surface area (Å²) in [5, 5.41) is 0. The number of hydrogen-bond acceptors (Lipinski definition) is 4. The van der Waals surface area contributed by atoms with E-state index in [1.54, 1.807) is 0 Å². The Morgan fingerprint density at radius 1 is 0.622 bits per heavy atom. The Morgan fingerprint density at radius 2 is 0.946 bits per heavy atom. The first-order chi connectivity index (χ1) is 15.1. The summed E-state index contributed by atoms with van der Waals surface area (Å²) in [5.74, 6) is -7.22. The van der Waals surface area contributed by atoms with Gasteiger partial charge in [-0.3, -0.25) is 9.41 Å². The summed E-state index contributed by atoms with van der Waals surface area (Å²) >= 11 is -9.19. The number of morpholine rings is 2. The van der Waals surface area contributed by atoms with Gasteiger partial charge in [-0.15, -0.1) is 0 Å². The van der Waals surface area contributed by atoms with Crippen LogP contribution in [0.2, 0.25) is 0 Å². The Labute approximate surface area is 203 Å². The van der Waals surface area contributed by atoms with Crippen LogP contribution < -0.4 is 0 Å². The number of alkyl halides is 5. The maximum atomic E-state index is 12.9. The van der Waals surface area contributed by atoms with Gasteiger partial charge in [0.2, 0.25) is 11.8 Å². The van der Waals surface area contributed by atoms with E-state index in [1.807, 2.05) is 0 Å². The standard InChI is InChI=1S/2C7H8F5NO.CH4.7FH.Sb/c8-5(7(10,11)12)6(9)13-1-3-14-4-2-13;8-5(6(9)10)7(11,12)13-1-3-14-4-2-13;;;;;;;;;/h2*1-4H2;1H4;7*1H;/q;;;;;;;;;;+5/p-5/b6-5-;;;;;;;;;;. The molecule has 0 unspecified atom stereocenters. The summed E-state index contributed by atoms with van der Waals surface area (Å²) in [6, 6.07) is -4.23. The molecular weight excluding hydrogens is 685 g/mol. The molecule has 2 aliphatic heterocycles. The van der Waals surface area contributed by atoms with Crippen LogP contribution >= 0.6 is 0 Å². The van der Waals surface area contributed by atoms with Crippen LogP contribution in [0.1, 0.15) is 7.43 Å². The van der Waals surface area contributed by atoms with E-state index in [9.17, 15) is 58.0 Å². The summed E-state index contributed by atoms with van der Waals surface area (Å²) in [5.41, 5.74) is 0. The molecule has 0 radical (unpaired) electrons. The van der Waals surface area contributed by atoms with Gasteiger partial charge >= 0.3 is 52.7 Å². The van der Waals surface area contributed by atoms with Gasteiger partial charge in [-0.25, -0.2) is 4.90 Å². The number of ether oxygens (including phenoxy) is 2. The molecule has 37 heavy (non-hydrogen) atoms. The van der Waals surface area contributed by atoms with Gasteiger partial charge in [-0.1, -0.05) is 7.43 Å². The van der Waals surface area contributed by atoms with Crippen molar-refractivity contribution in [2.75, 3.05) is 52.6 Å². The molecule has 0 aromatic heterocycles. The maximum absolute atomic E-state index is 12.9. The topological polar surface area (TPSA) is 24.9 Å². The van der Waals surface area contributed by atoms with Gasteiger partial charge in [0.25, 0.3) is 5.83 Å². The van der Waals surface area contributed by atoms with Crippen molar-refractivity contribution < 1.29 is 76.9 Å². The summed E-state index contributed by atoms with van der Waals surface area (Å²) in [4.78, 5) is 0.997. The van der Waals surface area contributed by atoms with Crippen molar-refractivity contribution in [2.24, 2.45) is 0 Å². The zero-order valence-electron chi connectivity index (χ0n) is 17.3. The predicted octanol–water partition coefficient (Wildman–Crippen LogP) is 6.64. The monoisotopic (exact) mass is 706 g/mol. The van der Waals surface area contributed by atoms with E-state index in [-0.39, 0.29) is 69.4 Å². The Bertz CT molecular complexity index is 691. The first-order valence-electron chi connectivity index (χ1n) is 8.60. The fourth-order valence-corrected chi connectivity index (χ4v) is 2.11. The second-order valence-electron chi connectivity index (χ2n) is 6.06. The Balaban J connectivity index is -0.000000227. The second kappa shape index (κ2) is 16.7. The molecule has 0 saturated carbocycles. The Hall–Kier alpha value is -1.21. The van der Waals surface area contributed by atoms with Crippen molar-refractivity contribution in [3.63, 3.8) is 0 Å². The number of hydrogen-bond donors (Lipinski definition) is 0. The van der Waals surface area contributed by atoms with Crippen molar-refractivity contribution >= 4 is 20.3 Å². The molecule has 0 amide bonds. The van der Waals surface area contributed by atoms with Crippen molar-refractivity contribution in [3.05, 3.63) is 23.7 Å². The van der Waals surface area contributed by atoms with Gasteiger partial charge in [0.05, 0.1) is 26.4 Å². The van der Waals surface area contributed by atoms with Crippen molar-refractivity contribution in [1.82, 2.24) is 9.80 Å². The molecular formula is C15H22F17N2O2Sb. The summed E-state index contributed by atoms with van der Waals surface area (Å²) in [6.07, 6.45) is -8.25. The first-order valence-corrected chi connectivity index (χ1v) is 13.4. The van der Waals surface area contributed by atoms with E-state index in [2.05, 4.69) is 0 Å². The first kappa shape index (κ1) is 42.9. The molecule has 2 aliphatic rings. The van der Waals surface area contributed by atoms with Crippen molar-refractivity contribution in [1.29, 1.82) is 0 Å². The van der Waals surface area contributed by atoms with Gasteiger partial charge in [-0.2, -0.15) is 43.9 Å². The third kappa shape index (κ3) is 18.6. The van der Waals surface area contributed by atoms with Crippen LogP contribution in [0.25, 0.3) is 0 Å². The molecule has 0 aliphatic carbocycles. The van der Waals surface area contributed by atoms with E-state index < -0.39 is 56.2 Å². The fourth-order valence-electron chi connectivity index (χ4n) is 2.11. The van der Waals surface area contributed by atoms with E-state index in [1.165, 1.54) is 0 Å². The summed E-state index contributed by atoms with van der Waals surface area (Å²) in [6.45, 7) is -0.531. The molecule has 2 fully saturated rings. The Morgan fingerprint density at radius 3 is 1.24 bits per heavy atom. The van der Waals surface area contributed by atoms with Crippen molar-refractivity contribution in [2.45, 2.75) is 19.6 Å². The van der Waals surface area contributed by atoms with Crippen LogP contribution in [0.5, 0.6) is 0 Å². The number of nitrogens with zero attached hydrogens (tertiary/aromatic N) is 2. The molecule has 228 valence electrons. The van der Waals surface area contributed by atoms with Crippen LogP contribution in [-0.2, 0) is 9.47 Å². The van der Waals surface area contributed by atoms with Crippen LogP contribution in [-0.4, -0.2) is 94.9 Å². The minimum absolute atomic E-state index is 0. The molecule has 0 aromatic rings. The third-order valence-corrected chi connectivity index (χ3v) is 3.56. The van der Waals surface area contributed by atoms with Gasteiger partial charge in [0, 0.05) is 26.2 Å². The zero-order valence-corrected chi connectivity index (χ0v) is 19.9. The van der Waals surface area contributed by atoms with Gasteiger partial charge in [0.15, 0.2) is 0 Å². The number of halogens is 17. The Kier molecular flexibility index (Phi) is 19.3. The molecule has 0 bridgehead atoms. The van der Waals surface area contributed by atoms with Gasteiger partial charge in [0.1, 0.15) is 0 Å². The van der Waals surface area contributed by atoms with Crippen LogP contribution in [0.4, 0.5) is 67.4 Å². The number of allylic oxidation sites excluding steroid dienone is 1. The van der Waals surface area contributed by atoms with Gasteiger partial charge in [-0.05, 0) is 0 Å². The molecule has 2 saturated heterocycles. The molecule has 2 rings (SSSR count). The molecule has 2 heterocycles. The van der Waals surface area contributed by atoms with E-state index in [4.69, 9.17) is 9.47 Å². The number of rotatable bonds is 3. The fraction of sp³-hybridized carbons (Fsp3) is 0.733. The zero-order chi connectivity index (χ0) is 27.0. The van der Waals surface area contributed by atoms with Gasteiger partial charge < -0.3 is 14.4 Å². The molecule has 0 N–H and O–H groups in total. The van der Waals surface area contributed by atoms with E-state index >= 15 is 0 Å². The SMILES string of the molecule is C.F.F.F/C(=C(/F)C(F)(F)F)N1CCOCC1.FC(F)=C(F)C(F)(F)N1CCOCC1.[F][Sb]([F])([F])([F])[F]. The molecule has 0 atom stereocenters. The quantitative estimate of drug-likeness (QED) is 0.187. The molecule has 22 heteroatoms. The minimum atomic E-state index is -9.19. The second-order valence-corrected chi connectivity index (χ2v) is 9.70. The van der Waals surface area contributed by atoms with E-state index in [0.717, 1.165) is 0 Å². The summed E-state index contributed by atoms with van der Waals surface area (Å²) < 4.78 is 181. The van der Waals surface area contributed by atoms with E-state index in [0.29, 0.717) is 9.80 Å².